The zero-order valence-electron chi connectivity index (χ0n) is 16.6. The van der Waals surface area contributed by atoms with Crippen molar-refractivity contribution < 1.29 is 19.4 Å². The number of fused-ring (bicyclic) bond motifs is 3. The highest BCUT2D eigenvalue weighted by Crippen LogP contribution is 2.44. The highest BCUT2D eigenvalue weighted by molar-refractivity contribution is 5.89. The second-order valence-corrected chi connectivity index (χ2v) is 7.33. The number of benzene rings is 2. The number of aliphatic carboxylic acids is 1. The number of ether oxygens (including phenoxy) is 1. The zero-order valence-corrected chi connectivity index (χ0v) is 16.6. The molecule has 0 unspecified atom stereocenters. The van der Waals surface area contributed by atoms with Crippen LogP contribution in [0, 0.1) is 0 Å². The molecule has 1 N–H and O–H groups in total. The van der Waals surface area contributed by atoms with Gasteiger partial charge < -0.3 is 9.84 Å². The summed E-state index contributed by atoms with van der Waals surface area (Å²) in [7, 11) is 0. The lowest BCUT2D eigenvalue weighted by Crippen LogP contribution is -2.41. The van der Waals surface area contributed by atoms with Gasteiger partial charge in [-0.1, -0.05) is 48.5 Å². The molecule has 1 aromatic heterocycles. The Hall–Kier alpha value is -3.67. The number of rotatable bonds is 6. The number of amides is 1. The number of carbonyl (C=O) groups excluding carboxylic acids is 1. The summed E-state index contributed by atoms with van der Waals surface area (Å²) in [6.45, 7) is 1.87. The van der Waals surface area contributed by atoms with E-state index < -0.39 is 18.1 Å². The average molecular weight is 402 g/mol. The first-order chi connectivity index (χ1) is 14.6. The fourth-order valence-corrected chi connectivity index (χ4v) is 4.05. The van der Waals surface area contributed by atoms with Crippen molar-refractivity contribution in [2.45, 2.75) is 25.3 Å². The van der Waals surface area contributed by atoms with Crippen LogP contribution in [-0.4, -0.2) is 34.8 Å². The molecule has 4 rings (SSSR count). The molecular weight excluding hydrogens is 380 g/mol. The van der Waals surface area contributed by atoms with Crippen molar-refractivity contribution in [3.8, 4) is 11.1 Å². The second-order valence-electron chi connectivity index (χ2n) is 7.33. The van der Waals surface area contributed by atoms with E-state index in [1.807, 2.05) is 24.3 Å². The van der Waals surface area contributed by atoms with Gasteiger partial charge in [-0.2, -0.15) is 0 Å². The molecule has 3 aromatic rings. The minimum Gasteiger partial charge on any atom is -0.481 e. The van der Waals surface area contributed by atoms with Gasteiger partial charge in [0, 0.05) is 24.4 Å². The van der Waals surface area contributed by atoms with E-state index in [4.69, 9.17) is 4.74 Å². The molecule has 1 amide bonds. The average Bonchev–Trinajstić information content (AvgIpc) is 3.06. The van der Waals surface area contributed by atoms with Crippen LogP contribution in [0.1, 0.15) is 30.4 Å². The molecule has 0 radical (unpaired) electrons. The van der Waals surface area contributed by atoms with Crippen LogP contribution >= 0.6 is 0 Å². The molecule has 152 valence electrons. The van der Waals surface area contributed by atoms with Crippen molar-refractivity contribution in [1.82, 2.24) is 4.98 Å². The number of aromatic nitrogens is 1. The van der Waals surface area contributed by atoms with Crippen LogP contribution in [0.4, 0.5) is 10.5 Å². The minimum atomic E-state index is -0.979. The highest BCUT2D eigenvalue weighted by Gasteiger charge is 2.31. The molecule has 6 heteroatoms. The van der Waals surface area contributed by atoms with Gasteiger partial charge in [0.2, 0.25) is 0 Å². The van der Waals surface area contributed by atoms with Crippen LogP contribution in [0.15, 0.2) is 73.1 Å². The fraction of sp³-hybridized carbons (Fsp3) is 0.208. The summed E-state index contributed by atoms with van der Waals surface area (Å²) in [5, 5.41) is 9.19. The summed E-state index contributed by atoms with van der Waals surface area (Å²) in [5.74, 6) is -1.04. The van der Waals surface area contributed by atoms with E-state index in [2.05, 4.69) is 29.2 Å². The largest absolute Gasteiger partial charge is 0.481 e. The summed E-state index contributed by atoms with van der Waals surface area (Å²) in [5.41, 5.74) is 5.11. The SMILES string of the molecule is C[C@H](CC(=O)O)N(C(=O)OCC1c2ccccc2-c2ccccc21)c1ccncc1. The summed E-state index contributed by atoms with van der Waals surface area (Å²) in [6, 6.07) is 19.0. The Morgan fingerprint density at radius 1 is 1.00 bits per heavy atom. The second kappa shape index (κ2) is 8.37. The predicted octanol–water partition coefficient (Wildman–Crippen LogP) is 4.70. The molecule has 1 aliphatic rings. The predicted molar refractivity (Wildman–Crippen MR) is 113 cm³/mol. The molecule has 1 atom stereocenters. The van der Waals surface area contributed by atoms with Crippen LogP contribution in [0.25, 0.3) is 11.1 Å². The number of hydrogen-bond acceptors (Lipinski definition) is 4. The summed E-state index contributed by atoms with van der Waals surface area (Å²) < 4.78 is 5.73. The molecule has 30 heavy (non-hydrogen) atoms. The first kappa shape index (κ1) is 19.6. The Balaban J connectivity index is 1.57. The van der Waals surface area contributed by atoms with E-state index in [9.17, 15) is 14.7 Å². The molecule has 1 aliphatic carbocycles. The lowest BCUT2D eigenvalue weighted by molar-refractivity contribution is -0.137. The maximum Gasteiger partial charge on any atom is 0.414 e. The van der Waals surface area contributed by atoms with Crippen molar-refractivity contribution in [2.24, 2.45) is 0 Å². The molecule has 2 aromatic carbocycles. The van der Waals surface area contributed by atoms with Crippen molar-refractivity contribution in [1.29, 1.82) is 0 Å². The Morgan fingerprint density at radius 2 is 1.57 bits per heavy atom. The standard InChI is InChI=1S/C24H22N2O4/c1-16(14-23(27)28)26(17-10-12-25-13-11-17)24(29)30-15-22-20-8-4-2-6-18(20)19-7-3-5-9-21(19)22/h2-13,16,22H,14-15H2,1H3,(H,27,28)/t16-/m1/s1. The third-order valence-corrected chi connectivity index (χ3v) is 5.38. The van der Waals surface area contributed by atoms with Gasteiger partial charge in [-0.05, 0) is 41.3 Å². The van der Waals surface area contributed by atoms with E-state index in [1.54, 1.807) is 31.5 Å². The van der Waals surface area contributed by atoms with Gasteiger partial charge in [-0.25, -0.2) is 4.79 Å². The van der Waals surface area contributed by atoms with Crippen LogP contribution in [-0.2, 0) is 9.53 Å². The lowest BCUT2D eigenvalue weighted by atomic mass is 9.98. The van der Waals surface area contributed by atoms with E-state index in [-0.39, 0.29) is 18.9 Å². The molecule has 6 nitrogen and oxygen atoms in total. The number of carboxylic acids is 1. The Labute approximate surface area is 174 Å². The monoisotopic (exact) mass is 402 g/mol. The van der Waals surface area contributed by atoms with Crippen LogP contribution < -0.4 is 4.90 Å². The van der Waals surface area contributed by atoms with Crippen molar-refractivity contribution in [2.75, 3.05) is 11.5 Å². The van der Waals surface area contributed by atoms with E-state index in [0.717, 1.165) is 22.3 Å². The lowest BCUT2D eigenvalue weighted by Gasteiger charge is -2.28. The van der Waals surface area contributed by atoms with Gasteiger partial charge in [0.05, 0.1) is 12.1 Å². The smallest absolute Gasteiger partial charge is 0.414 e. The molecule has 0 aliphatic heterocycles. The molecule has 0 fully saturated rings. The van der Waals surface area contributed by atoms with Crippen molar-refractivity contribution in [3.05, 3.63) is 84.2 Å². The molecular formula is C24H22N2O4. The Bertz CT molecular complexity index is 1020. The number of carbonyl (C=O) groups is 2. The Morgan fingerprint density at radius 3 is 2.13 bits per heavy atom. The third kappa shape index (κ3) is 3.76. The number of nitrogens with zero attached hydrogens (tertiary/aromatic N) is 2. The summed E-state index contributed by atoms with van der Waals surface area (Å²) in [4.78, 5) is 29.6. The molecule has 0 spiro atoms. The number of pyridine rings is 1. The van der Waals surface area contributed by atoms with Crippen LogP contribution in [0.3, 0.4) is 0 Å². The quantitative estimate of drug-likeness (QED) is 0.646. The van der Waals surface area contributed by atoms with Gasteiger partial charge in [-0.15, -0.1) is 0 Å². The van der Waals surface area contributed by atoms with Gasteiger partial charge >= 0.3 is 12.1 Å². The third-order valence-electron chi connectivity index (χ3n) is 5.38. The summed E-state index contributed by atoms with van der Waals surface area (Å²) >= 11 is 0. The molecule has 0 saturated carbocycles. The fourth-order valence-electron chi connectivity index (χ4n) is 4.05. The zero-order chi connectivity index (χ0) is 21.1. The normalized spacial score (nSPS) is 13.2. The van der Waals surface area contributed by atoms with Crippen LogP contribution in [0.5, 0.6) is 0 Å². The van der Waals surface area contributed by atoms with E-state index in [0.29, 0.717) is 5.69 Å². The number of hydrogen-bond donors (Lipinski definition) is 1. The maximum atomic E-state index is 13.0. The molecule has 0 bridgehead atoms. The first-order valence-corrected chi connectivity index (χ1v) is 9.82. The number of carboxylic acid groups (broad SMARTS) is 1. The van der Waals surface area contributed by atoms with Crippen molar-refractivity contribution in [3.63, 3.8) is 0 Å². The molecule has 1 heterocycles. The van der Waals surface area contributed by atoms with Gasteiger partial charge in [0.25, 0.3) is 0 Å². The minimum absolute atomic E-state index is 0.0598. The number of anilines is 1. The van der Waals surface area contributed by atoms with E-state index in [1.165, 1.54) is 4.90 Å². The van der Waals surface area contributed by atoms with E-state index >= 15 is 0 Å². The topological polar surface area (TPSA) is 79.7 Å². The Kier molecular flexibility index (Phi) is 5.48. The maximum absolute atomic E-state index is 13.0. The van der Waals surface area contributed by atoms with Gasteiger partial charge in [0.15, 0.2) is 0 Å². The van der Waals surface area contributed by atoms with Gasteiger partial charge in [-0.3, -0.25) is 14.7 Å². The van der Waals surface area contributed by atoms with Gasteiger partial charge in [0.1, 0.15) is 6.61 Å². The molecule has 0 saturated heterocycles. The highest BCUT2D eigenvalue weighted by atomic mass is 16.6. The van der Waals surface area contributed by atoms with Crippen LogP contribution in [0.2, 0.25) is 0 Å². The van der Waals surface area contributed by atoms with Crippen molar-refractivity contribution >= 4 is 17.7 Å². The summed E-state index contributed by atoms with van der Waals surface area (Å²) in [6.07, 6.45) is 2.36. The first-order valence-electron chi connectivity index (χ1n) is 9.82.